The van der Waals surface area contributed by atoms with Crippen LogP contribution in [0, 0.1) is 0 Å². The molecule has 0 heterocycles. The molecule has 0 aromatic carbocycles. The molecule has 0 fully saturated rings. The Balaban J connectivity index is 4.25. The van der Waals surface area contributed by atoms with E-state index in [2.05, 4.69) is 0 Å². The molecule has 0 radical (unpaired) electrons. The summed E-state index contributed by atoms with van der Waals surface area (Å²) in [6.07, 6.45) is 0. The summed E-state index contributed by atoms with van der Waals surface area (Å²) in [5.41, 5.74) is 4.10. The van der Waals surface area contributed by atoms with Crippen molar-refractivity contribution in [3.05, 3.63) is 0 Å². The van der Waals surface area contributed by atoms with Gasteiger partial charge in [0.1, 0.15) is 0 Å². The van der Waals surface area contributed by atoms with Crippen LogP contribution in [0.1, 0.15) is 20.8 Å². The van der Waals surface area contributed by atoms with E-state index in [1.54, 1.807) is 27.8 Å². The van der Waals surface area contributed by atoms with Gasteiger partial charge in [0.15, 0.2) is 0 Å². The number of rotatable bonds is 2. The zero-order chi connectivity index (χ0) is 9.23. The number of nitrogens with two attached hydrogens (primary N) is 1. The number of primary amides is 1. The Morgan fingerprint density at radius 1 is 1.64 bits per heavy atom. The molecular formula is C7H16N2O2. The van der Waals surface area contributed by atoms with E-state index < -0.39 is 11.6 Å². The van der Waals surface area contributed by atoms with E-state index in [4.69, 9.17) is 5.73 Å². The van der Waals surface area contributed by atoms with Crippen LogP contribution in [0.25, 0.3) is 0 Å². The molecule has 0 saturated carbocycles. The standard InChI is InChI=1S/C7H16N2O2/c1-5(7(2,3)11)9(4)6(8)10/h5,11H,1-4H3,(H2,8,10). The molecule has 3 N–H and O–H groups in total. The van der Waals surface area contributed by atoms with Gasteiger partial charge in [-0.15, -0.1) is 0 Å². The smallest absolute Gasteiger partial charge is 0.314 e. The first-order valence-electron chi connectivity index (χ1n) is 3.51. The maximum Gasteiger partial charge on any atom is 0.314 e. The molecule has 0 aliphatic heterocycles. The minimum atomic E-state index is -0.913. The van der Waals surface area contributed by atoms with Crippen LogP contribution in [-0.2, 0) is 0 Å². The third-order valence-corrected chi connectivity index (χ3v) is 1.95. The topological polar surface area (TPSA) is 66.6 Å². The lowest BCUT2D eigenvalue weighted by Gasteiger charge is -2.32. The highest BCUT2D eigenvalue weighted by atomic mass is 16.3. The molecule has 4 nitrogen and oxygen atoms in total. The maximum absolute atomic E-state index is 10.6. The summed E-state index contributed by atoms with van der Waals surface area (Å²) in [6, 6.07) is -0.806. The van der Waals surface area contributed by atoms with Crippen LogP contribution in [0.3, 0.4) is 0 Å². The minimum absolute atomic E-state index is 0.278. The van der Waals surface area contributed by atoms with Crippen LogP contribution < -0.4 is 5.73 Å². The van der Waals surface area contributed by atoms with Gasteiger partial charge in [-0.1, -0.05) is 0 Å². The van der Waals surface area contributed by atoms with E-state index in [0.29, 0.717) is 0 Å². The Bertz CT molecular complexity index is 151. The predicted molar refractivity (Wildman–Crippen MR) is 43.1 cm³/mol. The molecule has 1 unspecified atom stereocenters. The van der Waals surface area contributed by atoms with Crippen molar-refractivity contribution in [3.63, 3.8) is 0 Å². The Morgan fingerprint density at radius 3 is 2.09 bits per heavy atom. The molecule has 0 rings (SSSR count). The van der Waals surface area contributed by atoms with Gasteiger partial charge in [0.05, 0.1) is 11.6 Å². The predicted octanol–water partition coefficient (Wildman–Crippen LogP) is 0.156. The molecule has 11 heavy (non-hydrogen) atoms. The van der Waals surface area contributed by atoms with Crippen molar-refractivity contribution in [2.24, 2.45) is 5.73 Å². The van der Waals surface area contributed by atoms with E-state index in [1.165, 1.54) is 4.90 Å². The normalized spacial score (nSPS) is 14.3. The molecular weight excluding hydrogens is 144 g/mol. The lowest BCUT2D eigenvalue weighted by atomic mass is 10.00. The van der Waals surface area contributed by atoms with Gasteiger partial charge in [0, 0.05) is 7.05 Å². The molecule has 0 aliphatic carbocycles. The molecule has 0 saturated heterocycles. The molecule has 0 spiro atoms. The Morgan fingerprint density at radius 2 is 2.00 bits per heavy atom. The molecule has 2 amide bonds. The quantitative estimate of drug-likeness (QED) is 0.604. The second-order valence-corrected chi connectivity index (χ2v) is 3.28. The number of aliphatic hydroxyl groups is 1. The first-order chi connectivity index (χ1) is 4.76. The Kier molecular flexibility index (Phi) is 2.87. The van der Waals surface area contributed by atoms with E-state index in [1.807, 2.05) is 0 Å². The zero-order valence-corrected chi connectivity index (χ0v) is 7.46. The van der Waals surface area contributed by atoms with E-state index in [-0.39, 0.29) is 6.04 Å². The van der Waals surface area contributed by atoms with Crippen molar-refractivity contribution in [2.75, 3.05) is 7.05 Å². The molecule has 0 aromatic heterocycles. The van der Waals surface area contributed by atoms with E-state index >= 15 is 0 Å². The number of hydrogen-bond acceptors (Lipinski definition) is 2. The van der Waals surface area contributed by atoms with Crippen LogP contribution in [0.2, 0.25) is 0 Å². The van der Waals surface area contributed by atoms with Gasteiger partial charge in [-0.25, -0.2) is 4.79 Å². The van der Waals surface area contributed by atoms with Crippen LogP contribution in [-0.4, -0.2) is 34.7 Å². The first-order valence-corrected chi connectivity index (χ1v) is 3.51. The lowest BCUT2D eigenvalue weighted by molar-refractivity contribution is 0.0116. The average Bonchev–Trinajstić information content (AvgIpc) is 1.82. The van der Waals surface area contributed by atoms with Crippen molar-refractivity contribution in [1.82, 2.24) is 4.90 Å². The van der Waals surface area contributed by atoms with Crippen LogP contribution in [0.4, 0.5) is 4.79 Å². The lowest BCUT2D eigenvalue weighted by Crippen LogP contribution is -2.49. The Hall–Kier alpha value is -0.770. The fourth-order valence-corrected chi connectivity index (χ4v) is 0.665. The van der Waals surface area contributed by atoms with Gasteiger partial charge in [0.25, 0.3) is 0 Å². The Labute approximate surface area is 67.0 Å². The van der Waals surface area contributed by atoms with Gasteiger partial charge in [-0.05, 0) is 20.8 Å². The van der Waals surface area contributed by atoms with Crippen LogP contribution in [0.15, 0.2) is 0 Å². The first kappa shape index (κ1) is 10.2. The van der Waals surface area contributed by atoms with E-state index in [9.17, 15) is 9.90 Å². The number of carbonyl (C=O) groups is 1. The van der Waals surface area contributed by atoms with Gasteiger partial charge >= 0.3 is 6.03 Å². The van der Waals surface area contributed by atoms with Gasteiger partial charge in [-0.3, -0.25) is 0 Å². The van der Waals surface area contributed by atoms with Crippen molar-refractivity contribution < 1.29 is 9.90 Å². The average molecular weight is 160 g/mol. The summed E-state index contributed by atoms with van der Waals surface area (Å²) in [6.45, 7) is 5.01. The highest BCUT2D eigenvalue weighted by Gasteiger charge is 2.27. The van der Waals surface area contributed by atoms with Gasteiger partial charge in [0.2, 0.25) is 0 Å². The number of amides is 2. The summed E-state index contributed by atoms with van der Waals surface area (Å²) in [4.78, 5) is 11.9. The largest absolute Gasteiger partial charge is 0.388 e. The second-order valence-electron chi connectivity index (χ2n) is 3.28. The number of nitrogens with zero attached hydrogens (tertiary/aromatic N) is 1. The fraction of sp³-hybridized carbons (Fsp3) is 0.857. The van der Waals surface area contributed by atoms with Gasteiger partial charge in [-0.2, -0.15) is 0 Å². The summed E-state index contributed by atoms with van der Waals surface area (Å²) in [7, 11) is 1.56. The highest BCUT2D eigenvalue weighted by Crippen LogP contribution is 2.12. The fourth-order valence-electron chi connectivity index (χ4n) is 0.665. The maximum atomic E-state index is 10.6. The molecule has 1 atom stereocenters. The molecule has 0 aromatic rings. The number of likely N-dealkylation sites (N-methyl/N-ethyl adjacent to an activating group) is 1. The monoisotopic (exact) mass is 160 g/mol. The third-order valence-electron chi connectivity index (χ3n) is 1.95. The summed E-state index contributed by atoms with van der Waals surface area (Å²) in [5.74, 6) is 0. The number of carbonyl (C=O) groups excluding carboxylic acids is 1. The van der Waals surface area contributed by atoms with Crippen molar-refractivity contribution in [2.45, 2.75) is 32.4 Å². The summed E-state index contributed by atoms with van der Waals surface area (Å²) in [5, 5.41) is 9.46. The molecule has 66 valence electrons. The summed E-state index contributed by atoms with van der Waals surface area (Å²) < 4.78 is 0. The van der Waals surface area contributed by atoms with Gasteiger partial charge < -0.3 is 15.7 Å². The van der Waals surface area contributed by atoms with Crippen molar-refractivity contribution in [3.8, 4) is 0 Å². The summed E-state index contributed by atoms with van der Waals surface area (Å²) >= 11 is 0. The van der Waals surface area contributed by atoms with Crippen molar-refractivity contribution in [1.29, 1.82) is 0 Å². The second kappa shape index (κ2) is 3.09. The molecule has 0 bridgehead atoms. The molecule has 4 heteroatoms. The third kappa shape index (κ3) is 2.76. The molecule has 0 aliphatic rings. The van der Waals surface area contributed by atoms with E-state index in [0.717, 1.165) is 0 Å². The number of urea groups is 1. The minimum Gasteiger partial charge on any atom is -0.388 e. The SMILES string of the molecule is CC(N(C)C(N)=O)C(C)(C)O. The van der Waals surface area contributed by atoms with Crippen molar-refractivity contribution >= 4 is 6.03 Å². The number of hydrogen-bond donors (Lipinski definition) is 2. The van der Waals surface area contributed by atoms with Crippen LogP contribution in [0.5, 0.6) is 0 Å². The van der Waals surface area contributed by atoms with Crippen LogP contribution >= 0.6 is 0 Å². The zero-order valence-electron chi connectivity index (χ0n) is 7.46. The highest BCUT2D eigenvalue weighted by molar-refractivity contribution is 5.72.